The zero-order valence-corrected chi connectivity index (χ0v) is 12.7. The first-order chi connectivity index (χ1) is 9.13. The highest BCUT2D eigenvalue weighted by Crippen LogP contribution is 2.27. The molecule has 0 saturated heterocycles. The molecular formula is C14H7BrCl2N2. The summed E-state index contributed by atoms with van der Waals surface area (Å²) in [5.41, 5.74) is 1.65. The van der Waals surface area contributed by atoms with Gasteiger partial charge in [0.1, 0.15) is 5.15 Å². The quantitative estimate of drug-likeness (QED) is 0.550. The highest BCUT2D eigenvalue weighted by Gasteiger charge is 2.08. The molecule has 0 spiro atoms. The predicted molar refractivity (Wildman–Crippen MR) is 82.7 cm³/mol. The third-order valence-electron chi connectivity index (χ3n) is 2.71. The Balaban J connectivity index is 2.22. The first-order valence-electron chi connectivity index (χ1n) is 5.52. The summed E-state index contributed by atoms with van der Waals surface area (Å²) in [6, 6.07) is 13.1. The van der Waals surface area contributed by atoms with Gasteiger partial charge in [-0.15, -0.1) is 0 Å². The molecule has 5 heteroatoms. The Labute approximate surface area is 128 Å². The number of benzene rings is 2. The van der Waals surface area contributed by atoms with Gasteiger partial charge in [-0.05, 0) is 30.3 Å². The average Bonchev–Trinajstić information content (AvgIpc) is 2.38. The lowest BCUT2D eigenvalue weighted by atomic mass is 10.2. The molecule has 94 valence electrons. The fraction of sp³-hybridized carbons (Fsp3) is 0. The minimum Gasteiger partial charge on any atom is -0.228 e. The predicted octanol–water partition coefficient (Wildman–Crippen LogP) is 5.37. The van der Waals surface area contributed by atoms with E-state index >= 15 is 0 Å². The summed E-state index contributed by atoms with van der Waals surface area (Å²) in [6.07, 6.45) is 0. The van der Waals surface area contributed by atoms with Crippen LogP contribution in [0.1, 0.15) is 0 Å². The third-order valence-corrected chi connectivity index (χ3v) is 3.77. The molecule has 0 aliphatic rings. The molecule has 0 fully saturated rings. The molecule has 0 atom stereocenters. The van der Waals surface area contributed by atoms with Gasteiger partial charge in [0.2, 0.25) is 0 Å². The standard InChI is InChI=1S/C14H7BrCl2N2/c15-9-3-1-8(2-4-9)14-18-12-7-10(16)5-6-11(12)13(17)19-14/h1-7H. The smallest absolute Gasteiger partial charge is 0.161 e. The Kier molecular flexibility index (Phi) is 3.44. The number of hydrogen-bond acceptors (Lipinski definition) is 2. The lowest BCUT2D eigenvalue weighted by molar-refractivity contribution is 1.23. The number of halogens is 3. The number of aromatic nitrogens is 2. The van der Waals surface area contributed by atoms with Crippen LogP contribution in [-0.2, 0) is 0 Å². The summed E-state index contributed by atoms with van der Waals surface area (Å²) >= 11 is 15.6. The van der Waals surface area contributed by atoms with Crippen molar-refractivity contribution in [2.45, 2.75) is 0 Å². The number of rotatable bonds is 1. The lowest BCUT2D eigenvalue weighted by Crippen LogP contribution is -1.91. The van der Waals surface area contributed by atoms with Gasteiger partial charge in [-0.1, -0.05) is 51.3 Å². The van der Waals surface area contributed by atoms with Crippen molar-refractivity contribution < 1.29 is 0 Å². The zero-order valence-electron chi connectivity index (χ0n) is 9.57. The highest BCUT2D eigenvalue weighted by atomic mass is 79.9. The summed E-state index contributed by atoms with van der Waals surface area (Å²) in [5.74, 6) is 0.590. The highest BCUT2D eigenvalue weighted by molar-refractivity contribution is 9.10. The van der Waals surface area contributed by atoms with Crippen molar-refractivity contribution in [3.8, 4) is 11.4 Å². The monoisotopic (exact) mass is 352 g/mol. The van der Waals surface area contributed by atoms with E-state index in [1.165, 1.54) is 0 Å². The van der Waals surface area contributed by atoms with E-state index in [0.717, 1.165) is 20.9 Å². The van der Waals surface area contributed by atoms with Crippen LogP contribution in [0.15, 0.2) is 46.9 Å². The third kappa shape index (κ3) is 2.59. The average molecular weight is 354 g/mol. The van der Waals surface area contributed by atoms with Gasteiger partial charge in [0.05, 0.1) is 5.52 Å². The van der Waals surface area contributed by atoms with Crippen molar-refractivity contribution in [1.82, 2.24) is 9.97 Å². The van der Waals surface area contributed by atoms with Gasteiger partial charge in [0.25, 0.3) is 0 Å². The van der Waals surface area contributed by atoms with E-state index in [4.69, 9.17) is 23.2 Å². The zero-order chi connectivity index (χ0) is 13.4. The van der Waals surface area contributed by atoms with Crippen LogP contribution in [0, 0.1) is 0 Å². The van der Waals surface area contributed by atoms with Crippen LogP contribution in [0.5, 0.6) is 0 Å². The molecule has 19 heavy (non-hydrogen) atoms. The number of fused-ring (bicyclic) bond motifs is 1. The molecule has 0 bridgehead atoms. The van der Waals surface area contributed by atoms with E-state index in [-0.39, 0.29) is 0 Å². The van der Waals surface area contributed by atoms with Gasteiger partial charge >= 0.3 is 0 Å². The summed E-state index contributed by atoms with van der Waals surface area (Å²) in [7, 11) is 0. The van der Waals surface area contributed by atoms with Gasteiger partial charge < -0.3 is 0 Å². The molecule has 3 aromatic rings. The minimum absolute atomic E-state index is 0.430. The Hall–Kier alpha value is -1.16. The van der Waals surface area contributed by atoms with Crippen LogP contribution < -0.4 is 0 Å². The molecule has 0 aliphatic heterocycles. The van der Waals surface area contributed by atoms with Gasteiger partial charge in [-0.3, -0.25) is 0 Å². The largest absolute Gasteiger partial charge is 0.228 e. The lowest BCUT2D eigenvalue weighted by Gasteiger charge is -2.05. The second-order valence-electron chi connectivity index (χ2n) is 4.01. The maximum absolute atomic E-state index is 6.19. The van der Waals surface area contributed by atoms with Crippen molar-refractivity contribution in [2.24, 2.45) is 0 Å². The number of nitrogens with zero attached hydrogens (tertiary/aromatic N) is 2. The molecule has 3 rings (SSSR count). The summed E-state index contributed by atoms with van der Waals surface area (Å²) in [4.78, 5) is 8.83. The van der Waals surface area contributed by atoms with Gasteiger partial charge in [0, 0.05) is 20.4 Å². The fourth-order valence-corrected chi connectivity index (χ4v) is 2.46. The summed E-state index contributed by atoms with van der Waals surface area (Å²) < 4.78 is 1.01. The van der Waals surface area contributed by atoms with Crippen LogP contribution >= 0.6 is 39.1 Å². The molecule has 0 saturated carbocycles. The molecule has 0 radical (unpaired) electrons. The Morgan fingerprint density at radius 2 is 1.63 bits per heavy atom. The normalized spacial score (nSPS) is 10.9. The Bertz CT molecular complexity index is 757. The van der Waals surface area contributed by atoms with Crippen LogP contribution in [0.3, 0.4) is 0 Å². The van der Waals surface area contributed by atoms with Crippen molar-refractivity contribution in [1.29, 1.82) is 0 Å². The van der Waals surface area contributed by atoms with Crippen LogP contribution in [0.4, 0.5) is 0 Å². The van der Waals surface area contributed by atoms with E-state index in [2.05, 4.69) is 25.9 Å². The first-order valence-corrected chi connectivity index (χ1v) is 7.07. The van der Waals surface area contributed by atoms with Crippen molar-refractivity contribution in [3.05, 3.63) is 57.1 Å². The summed E-state index contributed by atoms with van der Waals surface area (Å²) in [5, 5.41) is 1.86. The first kappa shape index (κ1) is 12.9. The van der Waals surface area contributed by atoms with E-state index in [1.54, 1.807) is 12.1 Å². The molecule has 0 unspecified atom stereocenters. The minimum atomic E-state index is 0.430. The van der Waals surface area contributed by atoms with Gasteiger partial charge in [-0.25, -0.2) is 9.97 Å². The van der Waals surface area contributed by atoms with Crippen LogP contribution in [-0.4, -0.2) is 9.97 Å². The second-order valence-corrected chi connectivity index (χ2v) is 5.72. The SMILES string of the molecule is Clc1ccc2c(Cl)nc(-c3ccc(Br)cc3)nc2c1. The maximum atomic E-state index is 6.19. The van der Waals surface area contributed by atoms with Gasteiger partial charge in [-0.2, -0.15) is 0 Å². The molecule has 1 aromatic heterocycles. The molecule has 2 nitrogen and oxygen atoms in total. The van der Waals surface area contributed by atoms with Crippen molar-refractivity contribution in [2.75, 3.05) is 0 Å². The van der Waals surface area contributed by atoms with Crippen molar-refractivity contribution in [3.63, 3.8) is 0 Å². The molecule has 0 N–H and O–H groups in total. The topological polar surface area (TPSA) is 25.8 Å². The van der Waals surface area contributed by atoms with Crippen LogP contribution in [0.25, 0.3) is 22.3 Å². The van der Waals surface area contributed by atoms with E-state index < -0.39 is 0 Å². The molecule has 0 amide bonds. The Morgan fingerprint density at radius 3 is 2.37 bits per heavy atom. The van der Waals surface area contributed by atoms with E-state index in [1.807, 2.05) is 30.3 Å². The van der Waals surface area contributed by atoms with Crippen LogP contribution in [0.2, 0.25) is 10.2 Å². The van der Waals surface area contributed by atoms with Crippen molar-refractivity contribution >= 4 is 50.0 Å². The Morgan fingerprint density at radius 1 is 0.895 bits per heavy atom. The maximum Gasteiger partial charge on any atom is 0.161 e. The molecular weight excluding hydrogens is 347 g/mol. The summed E-state index contributed by atoms with van der Waals surface area (Å²) in [6.45, 7) is 0. The molecule has 1 heterocycles. The molecule has 0 aliphatic carbocycles. The number of hydrogen-bond donors (Lipinski definition) is 0. The van der Waals surface area contributed by atoms with Gasteiger partial charge in [0.15, 0.2) is 5.82 Å². The molecule has 2 aromatic carbocycles. The van der Waals surface area contributed by atoms with E-state index in [0.29, 0.717) is 16.0 Å². The van der Waals surface area contributed by atoms with E-state index in [9.17, 15) is 0 Å². The second kappa shape index (κ2) is 5.08. The fourth-order valence-electron chi connectivity index (χ4n) is 1.79.